The molecule has 0 rings (SSSR count). The Morgan fingerprint density at radius 2 is 0.412 bits per heavy atom. The molecule has 80 heavy (non-hydrogen) atoms. The van der Waals surface area contributed by atoms with Gasteiger partial charge in [-0.05, 0) is 70.6 Å². The van der Waals surface area contributed by atoms with Gasteiger partial charge in [-0.3, -0.25) is 14.4 Å². The smallest absolute Gasteiger partial charge is 0.306 e. The van der Waals surface area contributed by atoms with Crippen LogP contribution in [0.5, 0.6) is 0 Å². The summed E-state index contributed by atoms with van der Waals surface area (Å²) in [5, 5.41) is 0. The van der Waals surface area contributed by atoms with Gasteiger partial charge in [-0.15, -0.1) is 0 Å². The summed E-state index contributed by atoms with van der Waals surface area (Å²) in [5.41, 5.74) is 0. The van der Waals surface area contributed by atoms with Crippen LogP contribution in [0.15, 0.2) is 24.3 Å². The van der Waals surface area contributed by atoms with E-state index in [4.69, 9.17) is 14.2 Å². The predicted molar refractivity (Wildman–Crippen MR) is 349 cm³/mol. The maximum Gasteiger partial charge on any atom is 0.306 e. The molecule has 0 aromatic carbocycles. The standard InChI is InChI=1S/C74H140O6/c1-4-7-10-13-16-19-22-25-27-29-31-32-33-34-35-36-37-38-39-40-41-42-44-45-47-49-52-55-58-61-64-67-73(76)79-70-71(69-78-72(75)66-63-60-57-54-51-24-21-18-15-12-9-6-3)80-74(77)68-65-62-59-56-53-50-48-46-43-30-28-26-23-20-17-14-11-8-5-2/h26,28-29,31,71H,4-25,27,30,32-70H2,1-3H3/b28-26-,31-29-. The van der Waals surface area contributed by atoms with Crippen LogP contribution >= 0.6 is 0 Å². The Hall–Kier alpha value is -2.11. The lowest BCUT2D eigenvalue weighted by molar-refractivity contribution is -0.167. The van der Waals surface area contributed by atoms with Gasteiger partial charge in [0.25, 0.3) is 0 Å². The molecule has 0 saturated heterocycles. The summed E-state index contributed by atoms with van der Waals surface area (Å²) in [6, 6.07) is 0. The lowest BCUT2D eigenvalue weighted by Crippen LogP contribution is -2.30. The van der Waals surface area contributed by atoms with E-state index >= 15 is 0 Å². The summed E-state index contributed by atoms with van der Waals surface area (Å²) in [7, 11) is 0. The van der Waals surface area contributed by atoms with Crippen molar-refractivity contribution in [2.24, 2.45) is 0 Å². The van der Waals surface area contributed by atoms with Crippen LogP contribution < -0.4 is 0 Å². The zero-order valence-electron chi connectivity index (χ0n) is 54.4. The molecule has 0 fully saturated rings. The molecule has 0 saturated carbocycles. The van der Waals surface area contributed by atoms with Crippen molar-refractivity contribution in [1.29, 1.82) is 0 Å². The van der Waals surface area contributed by atoms with Crippen LogP contribution in [-0.2, 0) is 28.6 Å². The molecule has 1 unspecified atom stereocenters. The Bertz CT molecular complexity index is 1290. The fourth-order valence-corrected chi connectivity index (χ4v) is 11.2. The van der Waals surface area contributed by atoms with Crippen LogP contribution in [0.1, 0.15) is 412 Å². The first-order valence-corrected chi connectivity index (χ1v) is 36.3. The molecule has 6 nitrogen and oxygen atoms in total. The molecular weight excluding hydrogens is 985 g/mol. The van der Waals surface area contributed by atoms with Gasteiger partial charge < -0.3 is 14.2 Å². The van der Waals surface area contributed by atoms with E-state index in [-0.39, 0.29) is 31.1 Å². The van der Waals surface area contributed by atoms with Crippen LogP contribution in [0.2, 0.25) is 0 Å². The number of allylic oxidation sites excluding steroid dienone is 4. The fraction of sp³-hybridized carbons (Fsp3) is 0.905. The van der Waals surface area contributed by atoms with Crippen molar-refractivity contribution in [3.63, 3.8) is 0 Å². The quantitative estimate of drug-likeness (QED) is 0.0261. The number of carbonyl (C=O) groups excluding carboxylic acids is 3. The molecule has 0 aliphatic heterocycles. The predicted octanol–water partition coefficient (Wildman–Crippen LogP) is 25.0. The normalized spacial score (nSPS) is 12.1. The maximum atomic E-state index is 12.9. The number of unbranched alkanes of at least 4 members (excludes halogenated alkanes) is 53. The van der Waals surface area contributed by atoms with Gasteiger partial charge in [0.05, 0.1) is 0 Å². The van der Waals surface area contributed by atoms with E-state index < -0.39 is 6.10 Å². The largest absolute Gasteiger partial charge is 0.462 e. The highest BCUT2D eigenvalue weighted by Crippen LogP contribution is 2.19. The fourth-order valence-electron chi connectivity index (χ4n) is 11.2. The molecule has 0 aromatic rings. The van der Waals surface area contributed by atoms with E-state index in [0.29, 0.717) is 19.3 Å². The lowest BCUT2D eigenvalue weighted by Gasteiger charge is -2.18. The van der Waals surface area contributed by atoms with Crippen molar-refractivity contribution in [3.05, 3.63) is 24.3 Å². The van der Waals surface area contributed by atoms with Crippen molar-refractivity contribution in [1.82, 2.24) is 0 Å². The van der Waals surface area contributed by atoms with Crippen molar-refractivity contribution in [2.75, 3.05) is 13.2 Å². The molecule has 1 atom stereocenters. The molecule has 0 radical (unpaired) electrons. The average Bonchev–Trinajstić information content (AvgIpc) is 3.46. The minimum absolute atomic E-state index is 0.0655. The molecule has 472 valence electrons. The van der Waals surface area contributed by atoms with E-state index in [1.165, 1.54) is 315 Å². The topological polar surface area (TPSA) is 78.9 Å². The zero-order chi connectivity index (χ0) is 57.8. The SMILES string of the molecule is CCCCCCCC/C=C\CCCCCCCCCCCC(=O)OC(COC(=O)CCCCCCCCCCCCCC)COC(=O)CCCCCCCCCCCCCCCCCCCCC/C=C\CCCCCCCCCC. The minimum atomic E-state index is -0.769. The highest BCUT2D eigenvalue weighted by atomic mass is 16.6. The van der Waals surface area contributed by atoms with E-state index in [2.05, 4.69) is 45.1 Å². The Morgan fingerprint density at radius 1 is 0.237 bits per heavy atom. The lowest BCUT2D eigenvalue weighted by atomic mass is 10.0. The van der Waals surface area contributed by atoms with Crippen molar-refractivity contribution < 1.29 is 28.6 Å². The van der Waals surface area contributed by atoms with Gasteiger partial charge in [0, 0.05) is 19.3 Å². The Kier molecular flexibility index (Phi) is 67.6. The molecule has 0 N–H and O–H groups in total. The number of hydrogen-bond acceptors (Lipinski definition) is 6. The van der Waals surface area contributed by atoms with E-state index in [1.54, 1.807) is 0 Å². The van der Waals surface area contributed by atoms with Crippen molar-refractivity contribution in [2.45, 2.75) is 419 Å². The number of esters is 3. The van der Waals surface area contributed by atoms with E-state index in [9.17, 15) is 14.4 Å². The first-order valence-electron chi connectivity index (χ1n) is 36.3. The van der Waals surface area contributed by atoms with Crippen molar-refractivity contribution >= 4 is 17.9 Å². The first-order chi connectivity index (χ1) is 39.5. The number of carbonyl (C=O) groups is 3. The minimum Gasteiger partial charge on any atom is -0.462 e. The van der Waals surface area contributed by atoms with Crippen LogP contribution in [0, 0.1) is 0 Å². The highest BCUT2D eigenvalue weighted by molar-refractivity contribution is 5.71. The van der Waals surface area contributed by atoms with Gasteiger partial charge in [-0.2, -0.15) is 0 Å². The maximum absolute atomic E-state index is 12.9. The Labute approximate surface area is 500 Å². The molecule has 0 bridgehead atoms. The summed E-state index contributed by atoms with van der Waals surface area (Å²) in [4.78, 5) is 38.4. The molecular formula is C74H140O6. The molecule has 0 aromatic heterocycles. The molecule has 0 aliphatic carbocycles. The van der Waals surface area contributed by atoms with Gasteiger partial charge in [0.2, 0.25) is 0 Å². The summed E-state index contributed by atoms with van der Waals surface area (Å²) in [6.07, 6.45) is 85.1. The summed E-state index contributed by atoms with van der Waals surface area (Å²) < 4.78 is 17.0. The average molecular weight is 1130 g/mol. The summed E-state index contributed by atoms with van der Waals surface area (Å²) in [6.45, 7) is 6.71. The number of ether oxygens (including phenoxy) is 3. The second-order valence-electron chi connectivity index (χ2n) is 24.9. The third-order valence-electron chi connectivity index (χ3n) is 16.7. The van der Waals surface area contributed by atoms with Crippen molar-refractivity contribution in [3.8, 4) is 0 Å². The van der Waals surface area contributed by atoms with Gasteiger partial charge in [-0.25, -0.2) is 0 Å². The van der Waals surface area contributed by atoms with Gasteiger partial charge >= 0.3 is 17.9 Å². The van der Waals surface area contributed by atoms with E-state index in [0.717, 1.165) is 57.8 Å². The third kappa shape index (κ3) is 66.7. The Morgan fingerprint density at radius 3 is 0.625 bits per heavy atom. The second kappa shape index (κ2) is 69.4. The number of hydrogen-bond donors (Lipinski definition) is 0. The summed E-state index contributed by atoms with van der Waals surface area (Å²) in [5.74, 6) is -0.836. The molecule has 0 spiro atoms. The monoisotopic (exact) mass is 1130 g/mol. The molecule has 6 heteroatoms. The molecule has 0 aliphatic rings. The molecule has 0 heterocycles. The van der Waals surface area contributed by atoms with Gasteiger partial charge in [0.1, 0.15) is 13.2 Å². The van der Waals surface area contributed by atoms with Crippen LogP contribution in [0.3, 0.4) is 0 Å². The van der Waals surface area contributed by atoms with Crippen LogP contribution in [0.25, 0.3) is 0 Å². The molecule has 0 amide bonds. The third-order valence-corrected chi connectivity index (χ3v) is 16.7. The van der Waals surface area contributed by atoms with Gasteiger partial charge in [0.15, 0.2) is 6.10 Å². The highest BCUT2D eigenvalue weighted by Gasteiger charge is 2.19. The second-order valence-corrected chi connectivity index (χ2v) is 24.9. The zero-order valence-corrected chi connectivity index (χ0v) is 54.4. The van der Waals surface area contributed by atoms with Crippen LogP contribution in [0.4, 0.5) is 0 Å². The summed E-state index contributed by atoms with van der Waals surface area (Å²) >= 11 is 0. The van der Waals surface area contributed by atoms with Gasteiger partial charge in [-0.1, -0.05) is 347 Å². The van der Waals surface area contributed by atoms with E-state index in [1.807, 2.05) is 0 Å². The number of rotatable bonds is 68. The Balaban J connectivity index is 4.12. The first kappa shape index (κ1) is 77.9. The van der Waals surface area contributed by atoms with Crippen LogP contribution in [-0.4, -0.2) is 37.2 Å².